The van der Waals surface area contributed by atoms with Gasteiger partial charge in [0, 0.05) is 19.5 Å². The van der Waals surface area contributed by atoms with E-state index in [1.165, 1.54) is 0 Å². The molecule has 1 amide bonds. The van der Waals surface area contributed by atoms with Crippen molar-refractivity contribution in [3.8, 4) is 0 Å². The third kappa shape index (κ3) is 4.54. The first-order chi connectivity index (χ1) is 12.1. The van der Waals surface area contributed by atoms with Gasteiger partial charge >= 0.3 is 0 Å². The van der Waals surface area contributed by atoms with Gasteiger partial charge in [0.05, 0.1) is 30.3 Å². The number of carbonyl (C=O) groups excluding carboxylic acids is 1. The normalized spacial score (nSPS) is 14.4. The first kappa shape index (κ1) is 17.4. The van der Waals surface area contributed by atoms with Crippen molar-refractivity contribution >= 4 is 17.5 Å². The summed E-state index contributed by atoms with van der Waals surface area (Å²) in [5.74, 6) is 0.693. The standard InChI is InChI=1S/C19H24N4O2/c1-14-18(22-17(24)9-8-16-6-4-3-5-7-16)15(2)21-19(20-14)23-10-12-25-13-11-23/h3-7H,8-13H2,1-2H3,(H,22,24). The predicted octanol–water partition coefficient (Wildman–Crippen LogP) is 2.50. The molecular weight excluding hydrogens is 316 g/mol. The fourth-order valence-corrected chi connectivity index (χ4v) is 2.89. The van der Waals surface area contributed by atoms with Crippen molar-refractivity contribution in [2.45, 2.75) is 26.7 Å². The van der Waals surface area contributed by atoms with E-state index in [-0.39, 0.29) is 5.91 Å². The minimum Gasteiger partial charge on any atom is -0.378 e. The Kier molecular flexibility index (Phi) is 5.60. The number of anilines is 2. The van der Waals surface area contributed by atoms with Gasteiger partial charge in [0.1, 0.15) is 0 Å². The number of ether oxygens (including phenoxy) is 1. The van der Waals surface area contributed by atoms with E-state index in [1.807, 2.05) is 44.2 Å². The van der Waals surface area contributed by atoms with Gasteiger partial charge in [-0.1, -0.05) is 30.3 Å². The molecule has 6 heteroatoms. The molecule has 1 saturated heterocycles. The average molecular weight is 340 g/mol. The number of nitrogens with zero attached hydrogens (tertiary/aromatic N) is 3. The second-order valence-corrected chi connectivity index (χ2v) is 6.20. The van der Waals surface area contributed by atoms with Crippen LogP contribution in [0.4, 0.5) is 11.6 Å². The summed E-state index contributed by atoms with van der Waals surface area (Å²) in [7, 11) is 0. The molecule has 0 spiro atoms. The number of carbonyl (C=O) groups is 1. The van der Waals surface area contributed by atoms with Crippen LogP contribution in [0, 0.1) is 13.8 Å². The van der Waals surface area contributed by atoms with Crippen LogP contribution in [0.15, 0.2) is 30.3 Å². The smallest absolute Gasteiger partial charge is 0.226 e. The lowest BCUT2D eigenvalue weighted by molar-refractivity contribution is -0.116. The number of hydrogen-bond acceptors (Lipinski definition) is 5. The molecule has 1 aliphatic heterocycles. The van der Waals surface area contributed by atoms with E-state index in [2.05, 4.69) is 20.2 Å². The fraction of sp³-hybridized carbons (Fsp3) is 0.421. The number of hydrogen-bond donors (Lipinski definition) is 1. The summed E-state index contributed by atoms with van der Waals surface area (Å²) >= 11 is 0. The zero-order valence-corrected chi connectivity index (χ0v) is 14.8. The minimum atomic E-state index is -0.0159. The van der Waals surface area contributed by atoms with Crippen molar-refractivity contribution in [2.24, 2.45) is 0 Å². The molecule has 6 nitrogen and oxygen atoms in total. The largest absolute Gasteiger partial charge is 0.378 e. The lowest BCUT2D eigenvalue weighted by atomic mass is 10.1. The molecule has 1 aromatic heterocycles. The SMILES string of the molecule is Cc1nc(N2CCOCC2)nc(C)c1NC(=O)CCc1ccccc1. The maximum Gasteiger partial charge on any atom is 0.226 e. The molecule has 3 rings (SSSR count). The zero-order valence-electron chi connectivity index (χ0n) is 14.8. The molecule has 0 saturated carbocycles. The number of amides is 1. The van der Waals surface area contributed by atoms with Crippen LogP contribution in [0.3, 0.4) is 0 Å². The van der Waals surface area contributed by atoms with Crippen LogP contribution in [-0.4, -0.2) is 42.2 Å². The number of benzene rings is 1. The molecule has 0 aliphatic carbocycles. The van der Waals surface area contributed by atoms with Gasteiger partial charge < -0.3 is 15.0 Å². The van der Waals surface area contributed by atoms with E-state index in [1.54, 1.807) is 0 Å². The Hall–Kier alpha value is -2.47. The van der Waals surface area contributed by atoms with Crippen LogP contribution in [0.5, 0.6) is 0 Å². The van der Waals surface area contributed by atoms with Gasteiger partial charge in [-0.2, -0.15) is 0 Å². The van der Waals surface area contributed by atoms with E-state index in [4.69, 9.17) is 4.74 Å². The molecule has 132 valence electrons. The topological polar surface area (TPSA) is 67.3 Å². The Balaban J connectivity index is 1.64. The second-order valence-electron chi connectivity index (χ2n) is 6.20. The maximum absolute atomic E-state index is 12.3. The highest BCUT2D eigenvalue weighted by atomic mass is 16.5. The Labute approximate surface area is 148 Å². The lowest BCUT2D eigenvalue weighted by Crippen LogP contribution is -2.37. The molecule has 2 heterocycles. The molecule has 1 aliphatic rings. The molecule has 2 aromatic rings. The summed E-state index contributed by atoms with van der Waals surface area (Å²) in [6.07, 6.45) is 1.16. The average Bonchev–Trinajstić information content (AvgIpc) is 2.64. The Bertz CT molecular complexity index is 704. The third-order valence-electron chi connectivity index (χ3n) is 4.30. The summed E-state index contributed by atoms with van der Waals surface area (Å²) < 4.78 is 5.37. The monoisotopic (exact) mass is 340 g/mol. The zero-order chi connectivity index (χ0) is 17.6. The minimum absolute atomic E-state index is 0.0159. The molecule has 0 radical (unpaired) electrons. The third-order valence-corrected chi connectivity index (χ3v) is 4.30. The molecule has 1 N–H and O–H groups in total. The van der Waals surface area contributed by atoms with Crippen molar-refractivity contribution in [3.63, 3.8) is 0 Å². The quantitative estimate of drug-likeness (QED) is 0.906. The number of aryl methyl sites for hydroxylation is 3. The van der Waals surface area contributed by atoms with Crippen molar-refractivity contribution in [1.82, 2.24) is 9.97 Å². The maximum atomic E-state index is 12.3. The van der Waals surface area contributed by atoms with Crippen LogP contribution in [0.1, 0.15) is 23.4 Å². The summed E-state index contributed by atoms with van der Waals surface area (Å²) in [4.78, 5) is 23.5. The Morgan fingerprint density at radius 1 is 1.12 bits per heavy atom. The Morgan fingerprint density at radius 3 is 2.40 bits per heavy atom. The fourth-order valence-electron chi connectivity index (χ4n) is 2.89. The molecule has 0 unspecified atom stereocenters. The van der Waals surface area contributed by atoms with E-state index in [9.17, 15) is 4.79 Å². The number of nitrogens with one attached hydrogen (secondary N) is 1. The highest BCUT2D eigenvalue weighted by Gasteiger charge is 2.17. The van der Waals surface area contributed by atoms with Gasteiger partial charge in [-0.25, -0.2) is 9.97 Å². The van der Waals surface area contributed by atoms with Crippen molar-refractivity contribution in [3.05, 3.63) is 47.3 Å². The number of morpholine rings is 1. The van der Waals surface area contributed by atoms with Gasteiger partial charge in [-0.3, -0.25) is 4.79 Å². The molecule has 25 heavy (non-hydrogen) atoms. The summed E-state index contributed by atoms with van der Waals surface area (Å²) in [6, 6.07) is 10.0. The van der Waals surface area contributed by atoms with Crippen LogP contribution in [0.2, 0.25) is 0 Å². The van der Waals surface area contributed by atoms with E-state index < -0.39 is 0 Å². The van der Waals surface area contributed by atoms with Gasteiger partial charge in [0.15, 0.2) is 0 Å². The first-order valence-electron chi connectivity index (χ1n) is 8.65. The number of rotatable bonds is 5. The van der Waals surface area contributed by atoms with Crippen molar-refractivity contribution in [1.29, 1.82) is 0 Å². The van der Waals surface area contributed by atoms with E-state index >= 15 is 0 Å². The van der Waals surface area contributed by atoms with Gasteiger partial charge in [-0.15, -0.1) is 0 Å². The number of aromatic nitrogens is 2. The molecule has 0 bridgehead atoms. The van der Waals surface area contributed by atoms with Crippen LogP contribution >= 0.6 is 0 Å². The Morgan fingerprint density at radius 2 is 1.76 bits per heavy atom. The summed E-state index contributed by atoms with van der Waals surface area (Å²) in [5, 5.41) is 2.97. The van der Waals surface area contributed by atoms with Gasteiger partial charge in [0.25, 0.3) is 0 Å². The summed E-state index contributed by atoms with van der Waals surface area (Å²) in [5.41, 5.74) is 3.46. The first-order valence-corrected chi connectivity index (χ1v) is 8.65. The molecule has 1 aromatic carbocycles. The highest BCUT2D eigenvalue weighted by molar-refractivity contribution is 5.92. The lowest BCUT2D eigenvalue weighted by Gasteiger charge is -2.27. The van der Waals surface area contributed by atoms with Crippen LogP contribution in [-0.2, 0) is 16.0 Å². The van der Waals surface area contributed by atoms with E-state index in [0.717, 1.165) is 42.1 Å². The summed E-state index contributed by atoms with van der Waals surface area (Å²) in [6.45, 7) is 6.79. The van der Waals surface area contributed by atoms with Crippen LogP contribution < -0.4 is 10.2 Å². The van der Waals surface area contributed by atoms with Gasteiger partial charge in [0.2, 0.25) is 11.9 Å². The predicted molar refractivity (Wildman–Crippen MR) is 97.9 cm³/mol. The van der Waals surface area contributed by atoms with Crippen molar-refractivity contribution in [2.75, 3.05) is 36.5 Å². The van der Waals surface area contributed by atoms with Crippen molar-refractivity contribution < 1.29 is 9.53 Å². The molecule has 0 atom stereocenters. The van der Waals surface area contributed by atoms with Crippen LogP contribution in [0.25, 0.3) is 0 Å². The van der Waals surface area contributed by atoms with Gasteiger partial charge in [-0.05, 0) is 25.8 Å². The molecule has 1 fully saturated rings. The highest BCUT2D eigenvalue weighted by Crippen LogP contribution is 2.21. The molecular formula is C19H24N4O2. The van der Waals surface area contributed by atoms with E-state index in [0.29, 0.717) is 25.6 Å². The second kappa shape index (κ2) is 8.07.